The molecule has 2 aliphatic heterocycles. The van der Waals surface area contributed by atoms with Crippen molar-refractivity contribution in [1.82, 2.24) is 4.98 Å². The van der Waals surface area contributed by atoms with Crippen LogP contribution < -0.4 is 4.90 Å². The molecule has 0 spiro atoms. The first kappa shape index (κ1) is 20.7. The highest BCUT2D eigenvalue weighted by molar-refractivity contribution is 7.22. The summed E-state index contributed by atoms with van der Waals surface area (Å²) in [6, 6.07) is 9.28. The molecule has 3 unspecified atom stereocenters. The summed E-state index contributed by atoms with van der Waals surface area (Å²) in [5.74, 6) is 1.42. The largest absolute Gasteiger partial charge is 0.483 e. The van der Waals surface area contributed by atoms with E-state index >= 15 is 0 Å². The second-order valence-corrected chi connectivity index (χ2v) is 10.6. The van der Waals surface area contributed by atoms with Crippen molar-refractivity contribution in [3.05, 3.63) is 58.7 Å². The van der Waals surface area contributed by atoms with E-state index in [9.17, 15) is 9.59 Å². The van der Waals surface area contributed by atoms with E-state index in [0.717, 1.165) is 41.7 Å². The Bertz CT molecular complexity index is 1320. The van der Waals surface area contributed by atoms with Gasteiger partial charge in [-0.3, -0.25) is 14.5 Å². The monoisotopic (exact) mass is 462 g/mol. The van der Waals surface area contributed by atoms with Crippen LogP contribution in [0.4, 0.5) is 5.13 Å². The maximum absolute atomic E-state index is 13.7. The number of benzene rings is 1. The van der Waals surface area contributed by atoms with Crippen LogP contribution in [-0.2, 0) is 14.3 Å². The van der Waals surface area contributed by atoms with Crippen LogP contribution in [0.25, 0.3) is 10.2 Å². The minimum absolute atomic E-state index is 0.0269. The molecule has 3 aliphatic rings. The standard InChI is InChI=1S/C26H26N2O4S/c1-13(2)15-9-10-17-20(12-15)33-26(27-17)28-22(19-11-8-14(3)31-19)21-23(29)16-6-4-5-7-18(16)32-24(21)25(28)30/h8-13,16,18,22H,4-7H2,1-3H3. The summed E-state index contributed by atoms with van der Waals surface area (Å²) >= 11 is 1.47. The van der Waals surface area contributed by atoms with Crippen LogP contribution in [0.3, 0.4) is 0 Å². The quantitative estimate of drug-likeness (QED) is 0.490. The normalized spacial score (nSPS) is 25.1. The average molecular weight is 463 g/mol. The predicted molar refractivity (Wildman–Crippen MR) is 126 cm³/mol. The van der Waals surface area contributed by atoms with Crippen LogP contribution in [0.2, 0.25) is 0 Å². The number of fused-ring (bicyclic) bond motifs is 2. The summed E-state index contributed by atoms with van der Waals surface area (Å²) in [6.07, 6.45) is 3.43. The Labute approximate surface area is 196 Å². The van der Waals surface area contributed by atoms with Crippen LogP contribution in [-0.4, -0.2) is 22.8 Å². The van der Waals surface area contributed by atoms with E-state index in [2.05, 4.69) is 26.0 Å². The molecule has 1 fully saturated rings. The molecule has 3 atom stereocenters. The number of carbonyl (C=O) groups excluding carboxylic acids is 2. The minimum atomic E-state index is -0.651. The number of carbonyl (C=O) groups is 2. The molecule has 6 nitrogen and oxygen atoms in total. The number of hydrogen-bond donors (Lipinski definition) is 0. The van der Waals surface area contributed by atoms with Crippen molar-refractivity contribution < 1.29 is 18.7 Å². The SMILES string of the molecule is Cc1ccc(C2C3=C(OC4CCCCC4C3=O)C(=O)N2c2nc3ccc(C(C)C)cc3s2)o1. The van der Waals surface area contributed by atoms with Gasteiger partial charge < -0.3 is 9.15 Å². The van der Waals surface area contributed by atoms with Gasteiger partial charge in [0, 0.05) is 0 Å². The summed E-state index contributed by atoms with van der Waals surface area (Å²) < 4.78 is 13.2. The summed E-state index contributed by atoms with van der Waals surface area (Å²) in [5, 5.41) is 0.559. The van der Waals surface area contributed by atoms with Gasteiger partial charge in [0.2, 0.25) is 0 Å². The van der Waals surface area contributed by atoms with Gasteiger partial charge in [-0.05, 0) is 61.9 Å². The van der Waals surface area contributed by atoms with Crippen LogP contribution in [0.15, 0.2) is 46.1 Å². The van der Waals surface area contributed by atoms with E-state index in [4.69, 9.17) is 14.1 Å². The van der Waals surface area contributed by atoms with E-state index in [1.54, 1.807) is 4.90 Å². The van der Waals surface area contributed by atoms with Crippen molar-refractivity contribution in [2.75, 3.05) is 4.90 Å². The van der Waals surface area contributed by atoms with Gasteiger partial charge in [-0.25, -0.2) is 4.98 Å². The highest BCUT2D eigenvalue weighted by atomic mass is 32.1. The van der Waals surface area contributed by atoms with Crippen molar-refractivity contribution in [3.63, 3.8) is 0 Å². The number of Topliss-reactive ketones (excluding diaryl/α,β-unsaturated/α-hetero) is 1. The minimum Gasteiger partial charge on any atom is -0.483 e. The molecular weight excluding hydrogens is 436 g/mol. The highest BCUT2D eigenvalue weighted by Gasteiger charge is 2.54. The molecule has 0 bridgehead atoms. The fraction of sp³-hybridized carbons (Fsp3) is 0.423. The molecule has 1 saturated carbocycles. The zero-order valence-electron chi connectivity index (χ0n) is 19.0. The molecule has 1 aliphatic carbocycles. The number of furan rings is 1. The van der Waals surface area contributed by atoms with Gasteiger partial charge in [-0.15, -0.1) is 0 Å². The van der Waals surface area contributed by atoms with Crippen LogP contribution in [0.5, 0.6) is 0 Å². The van der Waals surface area contributed by atoms with Gasteiger partial charge in [0.05, 0.1) is 21.7 Å². The van der Waals surface area contributed by atoms with Crippen molar-refractivity contribution in [2.24, 2.45) is 5.92 Å². The highest BCUT2D eigenvalue weighted by Crippen LogP contribution is 2.49. The Hall–Kier alpha value is -2.93. The van der Waals surface area contributed by atoms with Crippen LogP contribution >= 0.6 is 11.3 Å². The topological polar surface area (TPSA) is 72.6 Å². The lowest BCUT2D eigenvalue weighted by Crippen LogP contribution is -2.39. The Kier molecular flexibility index (Phi) is 4.73. The van der Waals surface area contributed by atoms with E-state index in [0.29, 0.717) is 22.4 Å². The number of aryl methyl sites for hydroxylation is 1. The third-order valence-corrected chi connectivity index (χ3v) is 8.09. The number of aromatic nitrogens is 1. The predicted octanol–water partition coefficient (Wildman–Crippen LogP) is 5.82. The number of ketones is 1. The number of rotatable bonds is 3. The zero-order valence-corrected chi connectivity index (χ0v) is 19.8. The van der Waals surface area contributed by atoms with E-state index in [1.165, 1.54) is 16.9 Å². The molecule has 0 saturated heterocycles. The van der Waals surface area contributed by atoms with Gasteiger partial charge in [0.15, 0.2) is 16.7 Å². The van der Waals surface area contributed by atoms with Crippen LogP contribution in [0, 0.1) is 12.8 Å². The number of amides is 1. The third-order valence-electron chi connectivity index (χ3n) is 7.07. The van der Waals surface area contributed by atoms with E-state index in [1.807, 2.05) is 25.1 Å². The van der Waals surface area contributed by atoms with E-state index < -0.39 is 6.04 Å². The molecule has 0 N–H and O–H groups in total. The molecule has 6 rings (SSSR count). The summed E-state index contributed by atoms with van der Waals surface area (Å²) in [4.78, 5) is 33.8. The zero-order chi connectivity index (χ0) is 22.9. The van der Waals surface area contributed by atoms with Crippen molar-refractivity contribution in [2.45, 2.75) is 64.5 Å². The Morgan fingerprint density at radius 1 is 1.12 bits per heavy atom. The van der Waals surface area contributed by atoms with E-state index in [-0.39, 0.29) is 29.5 Å². The molecule has 2 aromatic heterocycles. The first-order valence-corrected chi connectivity index (χ1v) is 12.5. The second-order valence-electron chi connectivity index (χ2n) is 9.56. The molecule has 170 valence electrons. The number of nitrogens with zero attached hydrogens (tertiary/aromatic N) is 2. The Morgan fingerprint density at radius 2 is 1.94 bits per heavy atom. The molecule has 1 aromatic carbocycles. The van der Waals surface area contributed by atoms with Gasteiger partial charge in [-0.1, -0.05) is 37.7 Å². The van der Waals surface area contributed by atoms with Gasteiger partial charge in [-0.2, -0.15) is 0 Å². The maximum atomic E-state index is 13.7. The lowest BCUT2D eigenvalue weighted by molar-refractivity contribution is -0.131. The van der Waals surface area contributed by atoms with Crippen LogP contribution in [0.1, 0.15) is 68.6 Å². The Morgan fingerprint density at radius 3 is 2.70 bits per heavy atom. The Balaban J connectivity index is 1.49. The fourth-order valence-corrected chi connectivity index (χ4v) is 6.34. The number of anilines is 1. The summed E-state index contributed by atoms with van der Waals surface area (Å²) in [5.41, 5.74) is 2.50. The fourth-order valence-electron chi connectivity index (χ4n) is 5.30. The molecule has 7 heteroatoms. The summed E-state index contributed by atoms with van der Waals surface area (Å²) in [6.45, 7) is 6.17. The van der Waals surface area contributed by atoms with Gasteiger partial charge >= 0.3 is 0 Å². The number of hydrogen-bond acceptors (Lipinski definition) is 6. The van der Waals surface area contributed by atoms with Crippen molar-refractivity contribution >= 4 is 38.4 Å². The molecule has 1 amide bonds. The average Bonchev–Trinajstić information content (AvgIpc) is 3.49. The maximum Gasteiger partial charge on any atom is 0.296 e. The van der Waals surface area contributed by atoms with Crippen molar-refractivity contribution in [1.29, 1.82) is 0 Å². The molecule has 3 aromatic rings. The number of ether oxygens (including phenoxy) is 1. The first-order valence-electron chi connectivity index (χ1n) is 11.7. The summed E-state index contributed by atoms with van der Waals surface area (Å²) in [7, 11) is 0. The van der Waals surface area contributed by atoms with Gasteiger partial charge in [0.25, 0.3) is 5.91 Å². The second kappa shape index (κ2) is 7.55. The first-order chi connectivity index (χ1) is 15.9. The van der Waals surface area contributed by atoms with Crippen molar-refractivity contribution in [3.8, 4) is 0 Å². The lowest BCUT2D eigenvalue weighted by atomic mass is 9.78. The smallest absolute Gasteiger partial charge is 0.296 e. The molecular formula is C26H26N2O4S. The number of thiazole rings is 1. The van der Waals surface area contributed by atoms with Gasteiger partial charge in [0.1, 0.15) is 23.7 Å². The molecule has 0 radical (unpaired) electrons. The lowest BCUT2D eigenvalue weighted by Gasteiger charge is -2.35. The third kappa shape index (κ3) is 3.16. The molecule has 33 heavy (non-hydrogen) atoms. The molecule has 4 heterocycles.